The van der Waals surface area contributed by atoms with E-state index in [0.717, 1.165) is 18.3 Å². The lowest BCUT2D eigenvalue weighted by molar-refractivity contribution is -0.127. The summed E-state index contributed by atoms with van der Waals surface area (Å²) in [6, 6.07) is 9.72. The van der Waals surface area contributed by atoms with Crippen LogP contribution in [0.2, 0.25) is 0 Å². The van der Waals surface area contributed by atoms with Crippen molar-refractivity contribution in [3.05, 3.63) is 30.3 Å². The van der Waals surface area contributed by atoms with Crippen LogP contribution in [0.15, 0.2) is 35.3 Å². The molecule has 0 aromatic heterocycles. The number of hydrogen-bond acceptors (Lipinski definition) is 3. The first-order chi connectivity index (χ1) is 11.4. The summed E-state index contributed by atoms with van der Waals surface area (Å²) >= 11 is 0. The molecule has 0 spiro atoms. The molecule has 1 amide bonds. The maximum absolute atomic E-state index is 11.8. The number of guanidine groups is 1. The molecular weight excluding hydrogens is 304 g/mol. The number of rotatable bonds is 8. The zero-order chi connectivity index (χ0) is 17.9. The number of amides is 1. The molecule has 0 heterocycles. The summed E-state index contributed by atoms with van der Waals surface area (Å²) < 4.78 is 5.72. The molecule has 6 nitrogen and oxygen atoms in total. The molecule has 0 atom stereocenters. The fourth-order valence-electron chi connectivity index (χ4n) is 1.81. The number of carbonyl (C=O) groups excluding carboxylic acids is 1. The fourth-order valence-corrected chi connectivity index (χ4v) is 1.81. The smallest absolute Gasteiger partial charge is 0.243 e. The van der Waals surface area contributed by atoms with Gasteiger partial charge in [-0.25, -0.2) is 4.99 Å². The Kier molecular flexibility index (Phi) is 8.68. The number of para-hydroxylation sites is 1. The number of hydrogen-bond donors (Lipinski definition) is 1. The second kappa shape index (κ2) is 10.5. The standard InChI is InChI=1S/C18H30N4O2/c1-15(2)13-19-18(20-14-17(23)21(3)4)22(5)11-12-24-16-9-7-6-8-10-16/h6-10,15H,11-14H2,1-5H3,(H,19,20). The highest BCUT2D eigenvalue weighted by atomic mass is 16.5. The van der Waals surface area contributed by atoms with Crippen molar-refractivity contribution < 1.29 is 9.53 Å². The second-order valence-corrected chi connectivity index (χ2v) is 6.29. The fraction of sp³-hybridized carbons (Fsp3) is 0.556. The van der Waals surface area contributed by atoms with Gasteiger partial charge in [0.25, 0.3) is 0 Å². The average Bonchev–Trinajstić information content (AvgIpc) is 2.55. The minimum atomic E-state index is -0.0206. The molecule has 0 bridgehead atoms. The Morgan fingerprint density at radius 2 is 1.88 bits per heavy atom. The van der Waals surface area contributed by atoms with Crippen molar-refractivity contribution in [3.8, 4) is 5.75 Å². The molecule has 24 heavy (non-hydrogen) atoms. The van der Waals surface area contributed by atoms with Crippen LogP contribution in [0.25, 0.3) is 0 Å². The van der Waals surface area contributed by atoms with Crippen molar-refractivity contribution in [3.63, 3.8) is 0 Å². The van der Waals surface area contributed by atoms with Crippen LogP contribution in [0, 0.1) is 5.92 Å². The summed E-state index contributed by atoms with van der Waals surface area (Å²) in [4.78, 5) is 19.7. The van der Waals surface area contributed by atoms with Gasteiger partial charge >= 0.3 is 0 Å². The third-order valence-corrected chi connectivity index (χ3v) is 3.33. The SMILES string of the molecule is CC(C)CNC(=NCC(=O)N(C)C)N(C)CCOc1ccccc1. The number of likely N-dealkylation sites (N-methyl/N-ethyl adjacent to an activating group) is 2. The van der Waals surface area contributed by atoms with E-state index in [4.69, 9.17) is 4.74 Å². The lowest BCUT2D eigenvalue weighted by Crippen LogP contribution is -2.43. The molecule has 1 aromatic carbocycles. The molecule has 0 aliphatic carbocycles. The zero-order valence-electron chi connectivity index (χ0n) is 15.5. The maximum atomic E-state index is 11.8. The van der Waals surface area contributed by atoms with Gasteiger partial charge in [-0.1, -0.05) is 32.0 Å². The average molecular weight is 334 g/mol. The first kappa shape index (κ1) is 19.8. The Bertz CT molecular complexity index is 515. The van der Waals surface area contributed by atoms with E-state index < -0.39 is 0 Å². The number of nitrogens with one attached hydrogen (secondary N) is 1. The Balaban J connectivity index is 2.56. The van der Waals surface area contributed by atoms with Gasteiger partial charge in [0.15, 0.2) is 5.96 Å². The van der Waals surface area contributed by atoms with E-state index in [1.807, 2.05) is 42.3 Å². The van der Waals surface area contributed by atoms with Crippen LogP contribution in [0.1, 0.15) is 13.8 Å². The van der Waals surface area contributed by atoms with Crippen molar-refractivity contribution in [2.45, 2.75) is 13.8 Å². The van der Waals surface area contributed by atoms with Gasteiger partial charge in [-0.15, -0.1) is 0 Å². The topological polar surface area (TPSA) is 57.2 Å². The molecular formula is C18H30N4O2. The second-order valence-electron chi connectivity index (χ2n) is 6.29. The summed E-state index contributed by atoms with van der Waals surface area (Å²) in [5, 5.41) is 3.31. The van der Waals surface area contributed by atoms with E-state index in [1.165, 1.54) is 0 Å². The highest BCUT2D eigenvalue weighted by Gasteiger charge is 2.09. The molecule has 6 heteroatoms. The summed E-state index contributed by atoms with van der Waals surface area (Å²) in [6.45, 7) is 6.43. The van der Waals surface area contributed by atoms with Gasteiger partial charge in [0, 0.05) is 27.7 Å². The lowest BCUT2D eigenvalue weighted by Gasteiger charge is -2.23. The third-order valence-electron chi connectivity index (χ3n) is 3.33. The molecule has 0 aliphatic heterocycles. The van der Waals surface area contributed by atoms with Crippen LogP contribution in [-0.2, 0) is 4.79 Å². The summed E-state index contributed by atoms with van der Waals surface area (Å²) in [5.41, 5.74) is 0. The Hall–Kier alpha value is -2.24. The van der Waals surface area contributed by atoms with Crippen LogP contribution in [0.5, 0.6) is 5.75 Å². The van der Waals surface area contributed by atoms with Crippen molar-refractivity contribution in [2.24, 2.45) is 10.9 Å². The van der Waals surface area contributed by atoms with Gasteiger partial charge in [-0.05, 0) is 18.1 Å². The largest absolute Gasteiger partial charge is 0.492 e. The highest BCUT2D eigenvalue weighted by molar-refractivity contribution is 5.84. The van der Waals surface area contributed by atoms with Crippen molar-refractivity contribution >= 4 is 11.9 Å². The number of carbonyl (C=O) groups is 1. The lowest BCUT2D eigenvalue weighted by atomic mass is 10.2. The molecule has 0 fully saturated rings. The van der Waals surface area contributed by atoms with E-state index in [1.54, 1.807) is 19.0 Å². The van der Waals surface area contributed by atoms with Crippen molar-refractivity contribution in [1.82, 2.24) is 15.1 Å². The summed E-state index contributed by atoms with van der Waals surface area (Å²) in [6.07, 6.45) is 0. The van der Waals surface area contributed by atoms with Gasteiger partial charge in [0.05, 0.1) is 6.54 Å². The predicted octanol–water partition coefficient (Wildman–Crippen LogP) is 1.69. The van der Waals surface area contributed by atoms with E-state index in [-0.39, 0.29) is 12.5 Å². The molecule has 134 valence electrons. The highest BCUT2D eigenvalue weighted by Crippen LogP contribution is 2.07. The number of nitrogens with zero attached hydrogens (tertiary/aromatic N) is 3. The minimum Gasteiger partial charge on any atom is -0.492 e. The summed E-state index contributed by atoms with van der Waals surface area (Å²) in [7, 11) is 5.41. The Labute approximate surface area is 145 Å². The quantitative estimate of drug-likeness (QED) is 0.581. The molecule has 0 aliphatic rings. The van der Waals surface area contributed by atoms with Crippen molar-refractivity contribution in [2.75, 3.05) is 47.4 Å². The number of benzene rings is 1. The molecule has 0 saturated heterocycles. The zero-order valence-corrected chi connectivity index (χ0v) is 15.5. The van der Waals surface area contributed by atoms with Gasteiger partial charge in [0.1, 0.15) is 18.9 Å². The van der Waals surface area contributed by atoms with Crippen LogP contribution in [-0.4, -0.2) is 69.1 Å². The predicted molar refractivity (Wildman–Crippen MR) is 98.4 cm³/mol. The van der Waals surface area contributed by atoms with Gasteiger partial charge in [0.2, 0.25) is 5.91 Å². The number of aliphatic imine (C=N–C) groups is 1. The van der Waals surface area contributed by atoms with E-state index >= 15 is 0 Å². The maximum Gasteiger partial charge on any atom is 0.243 e. The molecule has 1 N–H and O–H groups in total. The third kappa shape index (κ3) is 7.85. The van der Waals surface area contributed by atoms with Crippen LogP contribution in [0.4, 0.5) is 0 Å². The molecule has 0 unspecified atom stereocenters. The molecule has 0 radical (unpaired) electrons. The molecule has 0 saturated carbocycles. The van der Waals surface area contributed by atoms with Gasteiger partial charge in [-0.2, -0.15) is 0 Å². The van der Waals surface area contributed by atoms with E-state index in [9.17, 15) is 4.79 Å². The van der Waals surface area contributed by atoms with Crippen LogP contribution < -0.4 is 10.1 Å². The molecule has 1 rings (SSSR count). The van der Waals surface area contributed by atoms with E-state index in [2.05, 4.69) is 24.2 Å². The van der Waals surface area contributed by atoms with E-state index in [0.29, 0.717) is 19.1 Å². The number of ether oxygens (including phenoxy) is 1. The molecule has 1 aromatic rings. The monoisotopic (exact) mass is 334 g/mol. The first-order valence-corrected chi connectivity index (χ1v) is 8.27. The van der Waals surface area contributed by atoms with Gasteiger partial charge in [-0.3, -0.25) is 4.79 Å². The Morgan fingerprint density at radius 3 is 2.46 bits per heavy atom. The van der Waals surface area contributed by atoms with Gasteiger partial charge < -0.3 is 19.9 Å². The van der Waals surface area contributed by atoms with Crippen molar-refractivity contribution in [1.29, 1.82) is 0 Å². The minimum absolute atomic E-state index is 0.0206. The van der Waals surface area contributed by atoms with Crippen LogP contribution in [0.3, 0.4) is 0 Å². The normalized spacial score (nSPS) is 11.3. The summed E-state index contributed by atoms with van der Waals surface area (Å²) in [5.74, 6) is 2.04. The van der Waals surface area contributed by atoms with Crippen LogP contribution >= 0.6 is 0 Å². The first-order valence-electron chi connectivity index (χ1n) is 8.27. The Morgan fingerprint density at radius 1 is 1.21 bits per heavy atom.